The molecule has 9 heteroatoms. The van der Waals surface area contributed by atoms with Crippen LogP contribution in [0.4, 0.5) is 11.6 Å². The third kappa shape index (κ3) is 3.81. The number of nitrogens with zero attached hydrogens (tertiary/aromatic N) is 3. The monoisotopic (exact) mass is 412 g/mol. The number of hydrogen-bond acceptors (Lipinski definition) is 4. The fraction of sp³-hybridized carbons (Fsp3) is 0. The summed E-state index contributed by atoms with van der Waals surface area (Å²) in [4.78, 5) is 4.80. The number of anilines is 2. The molecule has 0 bridgehead atoms. The molecule has 0 aliphatic heterocycles. The van der Waals surface area contributed by atoms with Crippen LogP contribution in [0.1, 0.15) is 0 Å². The molecule has 0 unspecified atom stereocenters. The molecule has 1 heterocycles. The number of thiol groups is 1. The molecule has 0 amide bonds. The summed E-state index contributed by atoms with van der Waals surface area (Å²) in [6.07, 6.45) is 0. The van der Waals surface area contributed by atoms with Crippen LogP contribution in [-0.2, 0) is 0 Å². The van der Waals surface area contributed by atoms with Crippen LogP contribution < -0.4 is 10.1 Å². The van der Waals surface area contributed by atoms with E-state index in [1.54, 1.807) is 16.7 Å². The lowest BCUT2D eigenvalue weighted by Crippen LogP contribution is -2.16. The van der Waals surface area contributed by atoms with Crippen LogP contribution in [0.2, 0.25) is 10.0 Å². The third-order valence-electron chi connectivity index (χ3n) is 3.02. The van der Waals surface area contributed by atoms with E-state index < -0.39 is 0 Å². The SMILES string of the molecule is S=C(S)/N=c1\snc(Nc2ccccc2Cl)n1-c1ccccc1Cl. The maximum absolute atomic E-state index is 6.34. The van der Waals surface area contributed by atoms with Gasteiger partial charge < -0.3 is 5.32 Å². The van der Waals surface area contributed by atoms with Crippen molar-refractivity contribution in [1.29, 1.82) is 0 Å². The first-order chi connectivity index (χ1) is 11.6. The lowest BCUT2D eigenvalue weighted by atomic mass is 10.3. The van der Waals surface area contributed by atoms with Crippen molar-refractivity contribution in [2.24, 2.45) is 4.99 Å². The fourth-order valence-electron chi connectivity index (χ4n) is 2.02. The summed E-state index contributed by atoms with van der Waals surface area (Å²) in [5.41, 5.74) is 1.45. The Hall–Kier alpha value is -1.38. The average Bonchev–Trinajstić information content (AvgIpc) is 2.92. The number of para-hydroxylation sites is 2. The summed E-state index contributed by atoms with van der Waals surface area (Å²) in [7, 11) is 0. The number of halogens is 2. The Morgan fingerprint density at radius 1 is 1.12 bits per heavy atom. The highest BCUT2D eigenvalue weighted by atomic mass is 35.5. The lowest BCUT2D eigenvalue weighted by Gasteiger charge is -2.11. The van der Waals surface area contributed by atoms with Gasteiger partial charge in [0.05, 0.1) is 21.4 Å². The van der Waals surface area contributed by atoms with E-state index >= 15 is 0 Å². The van der Waals surface area contributed by atoms with Crippen molar-refractivity contribution in [2.75, 3.05) is 5.32 Å². The Balaban J connectivity index is 2.18. The van der Waals surface area contributed by atoms with E-state index in [2.05, 4.69) is 27.3 Å². The summed E-state index contributed by atoms with van der Waals surface area (Å²) in [5.74, 6) is 0.532. The first-order valence-electron chi connectivity index (χ1n) is 6.69. The van der Waals surface area contributed by atoms with Gasteiger partial charge in [0, 0.05) is 11.5 Å². The van der Waals surface area contributed by atoms with E-state index in [0.29, 0.717) is 20.8 Å². The van der Waals surface area contributed by atoms with Crippen molar-refractivity contribution in [3.8, 4) is 5.69 Å². The topological polar surface area (TPSA) is 42.2 Å². The van der Waals surface area contributed by atoms with Gasteiger partial charge in [-0.15, -0.1) is 12.6 Å². The van der Waals surface area contributed by atoms with Crippen molar-refractivity contribution in [1.82, 2.24) is 8.94 Å². The van der Waals surface area contributed by atoms with E-state index in [9.17, 15) is 0 Å². The van der Waals surface area contributed by atoms with Crippen molar-refractivity contribution in [2.45, 2.75) is 0 Å². The largest absolute Gasteiger partial charge is 0.323 e. The Morgan fingerprint density at radius 2 is 1.79 bits per heavy atom. The maximum atomic E-state index is 6.34. The third-order valence-corrected chi connectivity index (χ3v) is 4.56. The number of nitrogens with one attached hydrogen (secondary N) is 1. The first kappa shape index (κ1) is 17.4. The molecule has 0 atom stereocenters. The molecule has 0 aliphatic carbocycles. The second kappa shape index (κ2) is 7.67. The molecular formula is C15H10Cl2N4S3. The molecule has 3 aromatic rings. The van der Waals surface area contributed by atoms with Crippen LogP contribution in [-0.4, -0.2) is 13.3 Å². The minimum atomic E-state index is 0.212. The van der Waals surface area contributed by atoms with Gasteiger partial charge in [0.1, 0.15) is 0 Å². The molecule has 0 aliphatic rings. The van der Waals surface area contributed by atoms with Gasteiger partial charge in [0.15, 0.2) is 4.32 Å². The van der Waals surface area contributed by atoms with Gasteiger partial charge in [-0.2, -0.15) is 4.37 Å². The van der Waals surface area contributed by atoms with Crippen LogP contribution in [0, 0.1) is 0 Å². The minimum Gasteiger partial charge on any atom is -0.323 e. The smallest absolute Gasteiger partial charge is 0.225 e. The van der Waals surface area contributed by atoms with Crippen LogP contribution in [0.3, 0.4) is 0 Å². The molecule has 1 aromatic heterocycles. The lowest BCUT2D eigenvalue weighted by molar-refractivity contribution is 1.00. The highest BCUT2D eigenvalue weighted by molar-refractivity contribution is 8.11. The molecule has 2 aromatic carbocycles. The van der Waals surface area contributed by atoms with Crippen LogP contribution >= 0.6 is 59.6 Å². The van der Waals surface area contributed by atoms with Gasteiger partial charge in [-0.1, -0.05) is 59.7 Å². The molecule has 24 heavy (non-hydrogen) atoms. The summed E-state index contributed by atoms with van der Waals surface area (Å²) < 4.78 is 6.40. The average molecular weight is 413 g/mol. The number of aromatic nitrogens is 2. The molecule has 3 rings (SSSR count). The predicted octanol–water partition coefficient (Wildman–Crippen LogP) is 5.10. The highest BCUT2D eigenvalue weighted by Crippen LogP contribution is 2.27. The predicted molar refractivity (Wildman–Crippen MR) is 108 cm³/mol. The van der Waals surface area contributed by atoms with Gasteiger partial charge in [-0.3, -0.25) is 4.57 Å². The van der Waals surface area contributed by atoms with E-state index in [1.165, 1.54) is 11.5 Å². The van der Waals surface area contributed by atoms with Gasteiger partial charge in [-0.25, -0.2) is 4.99 Å². The molecule has 1 N–H and O–H groups in total. The summed E-state index contributed by atoms with van der Waals surface area (Å²) in [6, 6.07) is 14.8. The Labute approximate surface area is 163 Å². The van der Waals surface area contributed by atoms with Crippen molar-refractivity contribution in [3.63, 3.8) is 0 Å². The standard InChI is InChI=1S/C15H10Cl2N4S3/c16-9-5-1-3-7-11(9)18-13-20-24-14(19-15(22)23)21(13)12-8-4-2-6-10(12)17/h1-8H,(H,18,20)(H,22,23)/b19-14-. The van der Waals surface area contributed by atoms with Gasteiger partial charge >= 0.3 is 0 Å². The number of rotatable bonds is 3. The summed E-state index contributed by atoms with van der Waals surface area (Å²) in [6.45, 7) is 0. The minimum absolute atomic E-state index is 0.212. The van der Waals surface area contributed by atoms with Crippen molar-refractivity contribution < 1.29 is 0 Å². The Morgan fingerprint density at radius 3 is 2.46 bits per heavy atom. The zero-order valence-electron chi connectivity index (χ0n) is 12.0. The van der Waals surface area contributed by atoms with Crippen molar-refractivity contribution in [3.05, 3.63) is 63.4 Å². The number of hydrogen-bond donors (Lipinski definition) is 2. The van der Waals surface area contributed by atoms with E-state index in [0.717, 1.165) is 11.4 Å². The molecule has 0 saturated heterocycles. The normalized spacial score (nSPS) is 11.5. The first-order valence-corrected chi connectivity index (χ1v) is 9.07. The number of benzene rings is 2. The fourth-order valence-corrected chi connectivity index (χ4v) is 3.42. The zero-order chi connectivity index (χ0) is 17.1. The maximum Gasteiger partial charge on any atom is 0.225 e. The number of thiocarbonyl (C=S) groups is 1. The molecule has 0 spiro atoms. The second-order valence-corrected chi connectivity index (χ2v) is 7.23. The van der Waals surface area contributed by atoms with E-state index in [-0.39, 0.29) is 4.32 Å². The van der Waals surface area contributed by atoms with E-state index in [4.69, 9.17) is 35.4 Å². The van der Waals surface area contributed by atoms with E-state index in [1.807, 2.05) is 36.4 Å². The molecule has 0 fully saturated rings. The molecular weight excluding hydrogens is 403 g/mol. The van der Waals surface area contributed by atoms with Crippen LogP contribution in [0.15, 0.2) is 53.5 Å². The van der Waals surface area contributed by atoms with Gasteiger partial charge in [-0.05, 0) is 24.3 Å². The van der Waals surface area contributed by atoms with Crippen LogP contribution in [0.5, 0.6) is 0 Å². The zero-order valence-corrected chi connectivity index (χ0v) is 16.0. The van der Waals surface area contributed by atoms with Crippen LogP contribution in [0.25, 0.3) is 5.69 Å². The Kier molecular flexibility index (Phi) is 5.57. The Bertz CT molecular complexity index is 965. The molecule has 122 valence electrons. The summed E-state index contributed by atoms with van der Waals surface area (Å²) >= 11 is 22.8. The molecule has 4 nitrogen and oxygen atoms in total. The highest BCUT2D eigenvalue weighted by Gasteiger charge is 2.13. The molecule has 0 saturated carbocycles. The van der Waals surface area contributed by atoms with Crippen molar-refractivity contribution >= 4 is 75.5 Å². The second-order valence-electron chi connectivity index (χ2n) is 4.57. The summed E-state index contributed by atoms with van der Waals surface area (Å²) in [5, 5.41) is 4.35. The molecule has 0 radical (unpaired) electrons. The van der Waals surface area contributed by atoms with Gasteiger partial charge in [0.2, 0.25) is 10.7 Å². The van der Waals surface area contributed by atoms with Gasteiger partial charge in [0.25, 0.3) is 0 Å². The quantitative estimate of drug-likeness (QED) is 0.464.